The fourth-order valence-electron chi connectivity index (χ4n) is 9.11. The molecule has 4 aromatic heterocycles. The lowest BCUT2D eigenvalue weighted by molar-refractivity contribution is 0.238. The summed E-state index contributed by atoms with van der Waals surface area (Å²) >= 11 is 0. The molecular weight excluding hydrogens is 717 g/mol. The van der Waals surface area contributed by atoms with Gasteiger partial charge in [-0.15, -0.1) is 0 Å². The number of aromatic amines is 4. The molecule has 0 unspecified atom stereocenters. The van der Waals surface area contributed by atoms with Gasteiger partial charge in [0.05, 0.1) is 28.7 Å². The Morgan fingerprint density at radius 1 is 0.500 bits per heavy atom. The Morgan fingerprint density at radius 2 is 0.897 bits per heavy atom. The molecule has 0 bridgehead atoms. The molecule has 4 N–H and O–H groups in total. The molecule has 11 rings (SSSR count). The number of unbranched alkanes of at least 4 members (excludes halogenated alkanes) is 1. The number of likely N-dealkylation sites (N-methyl/N-ethyl adjacent to an activating group) is 1. The van der Waals surface area contributed by atoms with Crippen LogP contribution in [-0.4, -0.2) is 82.7 Å². The summed E-state index contributed by atoms with van der Waals surface area (Å²) in [6, 6.07) is 38.6. The first-order valence-corrected chi connectivity index (χ1v) is 21.2. The van der Waals surface area contributed by atoms with E-state index in [2.05, 4.69) is 153 Å². The molecule has 8 heteroatoms. The second-order valence-corrected chi connectivity index (χ2v) is 16.0. The molecule has 0 amide bonds. The van der Waals surface area contributed by atoms with Crippen LogP contribution in [0.3, 0.4) is 0 Å². The summed E-state index contributed by atoms with van der Waals surface area (Å²) in [6.07, 6.45) is 6.17. The van der Waals surface area contributed by atoms with Gasteiger partial charge in [-0.1, -0.05) is 86.1 Å². The monoisotopic (exact) mass is 768 g/mol. The molecule has 10 aromatic rings. The SMILES string of the molecule is CCCCN(C)CCOc1c2[nH]c3ccccc3c2cc2c1[nH]c1ccccc12.c1ccc2c(c1)[nH]c1c(OCCCN3CCCC3)c3[nH]c4ccccc4c3cc12. The summed E-state index contributed by atoms with van der Waals surface area (Å²) in [4.78, 5) is 19.3. The lowest BCUT2D eigenvalue weighted by Gasteiger charge is -2.17. The average molecular weight is 769 g/mol. The van der Waals surface area contributed by atoms with E-state index >= 15 is 0 Å². The van der Waals surface area contributed by atoms with Crippen molar-refractivity contribution < 1.29 is 9.47 Å². The van der Waals surface area contributed by atoms with Crippen molar-refractivity contribution in [2.24, 2.45) is 0 Å². The van der Waals surface area contributed by atoms with E-state index in [1.54, 1.807) is 0 Å². The molecule has 0 aliphatic carbocycles. The Balaban J connectivity index is 0.000000141. The maximum atomic E-state index is 6.46. The third-order valence-electron chi connectivity index (χ3n) is 12.1. The Labute approximate surface area is 338 Å². The van der Waals surface area contributed by atoms with Gasteiger partial charge in [0, 0.05) is 78.2 Å². The minimum Gasteiger partial charge on any atom is -0.489 e. The number of nitrogens with zero attached hydrogens (tertiary/aromatic N) is 2. The van der Waals surface area contributed by atoms with Crippen molar-refractivity contribution in [3.63, 3.8) is 0 Å². The molecule has 0 saturated carbocycles. The third-order valence-corrected chi connectivity index (χ3v) is 12.1. The second-order valence-electron chi connectivity index (χ2n) is 16.0. The molecule has 1 aliphatic rings. The van der Waals surface area contributed by atoms with Crippen LogP contribution in [0.2, 0.25) is 0 Å². The number of hydrogen-bond donors (Lipinski definition) is 4. The summed E-state index contributed by atoms with van der Waals surface area (Å²) in [6.45, 7) is 9.25. The first kappa shape index (κ1) is 36.4. The van der Waals surface area contributed by atoms with E-state index in [4.69, 9.17) is 9.47 Å². The molecule has 58 heavy (non-hydrogen) atoms. The van der Waals surface area contributed by atoms with Gasteiger partial charge in [0.15, 0.2) is 11.5 Å². The van der Waals surface area contributed by atoms with Crippen molar-refractivity contribution in [2.75, 3.05) is 53.0 Å². The van der Waals surface area contributed by atoms with Crippen LogP contribution in [0.15, 0.2) is 109 Å². The lowest BCUT2D eigenvalue weighted by Crippen LogP contribution is -2.25. The van der Waals surface area contributed by atoms with Crippen molar-refractivity contribution in [3.05, 3.63) is 109 Å². The number of ether oxygens (including phenoxy) is 2. The zero-order valence-electron chi connectivity index (χ0n) is 33.6. The number of aromatic nitrogens is 4. The van der Waals surface area contributed by atoms with E-state index in [9.17, 15) is 0 Å². The van der Waals surface area contributed by atoms with Crippen LogP contribution >= 0.6 is 0 Å². The lowest BCUT2D eigenvalue weighted by atomic mass is 10.1. The quantitative estimate of drug-likeness (QED) is 0.0932. The van der Waals surface area contributed by atoms with E-state index in [0.717, 1.165) is 88.3 Å². The summed E-state index contributed by atoms with van der Waals surface area (Å²) in [5.41, 5.74) is 8.91. The van der Waals surface area contributed by atoms with Crippen molar-refractivity contribution in [1.82, 2.24) is 29.7 Å². The number of H-pyrrole nitrogens is 4. The molecule has 0 atom stereocenters. The largest absolute Gasteiger partial charge is 0.489 e. The molecule has 5 heterocycles. The number of nitrogens with one attached hydrogen (secondary N) is 4. The van der Waals surface area contributed by atoms with Gasteiger partial charge in [0.2, 0.25) is 0 Å². The highest BCUT2D eigenvalue weighted by Crippen LogP contribution is 2.42. The van der Waals surface area contributed by atoms with E-state index in [-0.39, 0.29) is 0 Å². The van der Waals surface area contributed by atoms with Crippen LogP contribution in [0.4, 0.5) is 0 Å². The fraction of sp³-hybridized carbons (Fsp3) is 0.280. The first-order valence-electron chi connectivity index (χ1n) is 21.2. The molecule has 1 saturated heterocycles. The van der Waals surface area contributed by atoms with E-state index in [1.165, 1.54) is 81.9 Å². The summed E-state index contributed by atoms with van der Waals surface area (Å²) in [5.74, 6) is 1.88. The third kappa shape index (κ3) is 6.70. The smallest absolute Gasteiger partial charge is 0.167 e. The van der Waals surface area contributed by atoms with Crippen LogP contribution in [-0.2, 0) is 0 Å². The molecular formula is C50H52N6O2. The molecule has 1 aliphatic heterocycles. The Bertz CT molecular complexity index is 2860. The van der Waals surface area contributed by atoms with Crippen molar-refractivity contribution >= 4 is 87.2 Å². The number of hydrogen-bond acceptors (Lipinski definition) is 4. The number of likely N-dealkylation sites (tertiary alicyclic amines) is 1. The molecule has 0 spiro atoms. The highest BCUT2D eigenvalue weighted by molar-refractivity contribution is 6.22. The van der Waals surface area contributed by atoms with Crippen LogP contribution in [0, 0.1) is 0 Å². The predicted molar refractivity (Wildman–Crippen MR) is 244 cm³/mol. The van der Waals surface area contributed by atoms with E-state index < -0.39 is 0 Å². The van der Waals surface area contributed by atoms with Gasteiger partial charge in [-0.25, -0.2) is 0 Å². The standard InChI is InChI=1S/C25H25N3O.C25H27N3O/c1-3-10-21-17(8-1)19-16-20-18-9-2-4-11-22(18)27-24(20)25(23(19)26-21)29-15-7-14-28-12-5-6-13-28;1-3-4-13-28(2)14-15-29-25-23-19(17-9-5-7-11-21(17)26-23)16-20-18-10-6-8-12-22(18)27-24(20)25/h1-4,8-11,16,26-27H,5-7,12-15H2;5-12,16,26-27H,3-4,13-15H2,1-2H3. The van der Waals surface area contributed by atoms with Crippen LogP contribution in [0.5, 0.6) is 11.5 Å². The minimum absolute atomic E-state index is 0.666. The van der Waals surface area contributed by atoms with E-state index in [1.807, 2.05) is 0 Å². The Kier molecular flexibility index (Phi) is 9.89. The van der Waals surface area contributed by atoms with Crippen molar-refractivity contribution in [1.29, 1.82) is 0 Å². The number of fused-ring (bicyclic) bond motifs is 12. The maximum absolute atomic E-state index is 6.46. The van der Waals surface area contributed by atoms with Gasteiger partial charge >= 0.3 is 0 Å². The summed E-state index contributed by atoms with van der Waals surface area (Å²) < 4.78 is 12.9. The average Bonchev–Trinajstić information content (AvgIpc) is 4.10. The normalized spacial score (nSPS) is 13.7. The zero-order chi connectivity index (χ0) is 39.0. The van der Waals surface area contributed by atoms with Gasteiger partial charge in [-0.05, 0) is 88.8 Å². The van der Waals surface area contributed by atoms with Crippen LogP contribution < -0.4 is 9.47 Å². The van der Waals surface area contributed by atoms with Gasteiger partial charge < -0.3 is 39.2 Å². The maximum Gasteiger partial charge on any atom is 0.167 e. The fourth-order valence-corrected chi connectivity index (χ4v) is 9.11. The Morgan fingerprint density at radius 3 is 1.31 bits per heavy atom. The second kappa shape index (κ2) is 15.8. The van der Waals surface area contributed by atoms with Gasteiger partial charge in [-0.2, -0.15) is 0 Å². The van der Waals surface area contributed by atoms with Gasteiger partial charge in [0.25, 0.3) is 0 Å². The van der Waals surface area contributed by atoms with Gasteiger partial charge in [0.1, 0.15) is 6.61 Å². The number of rotatable bonds is 12. The molecule has 0 radical (unpaired) electrons. The van der Waals surface area contributed by atoms with E-state index in [0.29, 0.717) is 6.61 Å². The highest BCUT2D eigenvalue weighted by atomic mass is 16.5. The predicted octanol–water partition coefficient (Wildman–Crippen LogP) is 11.9. The number of para-hydroxylation sites is 4. The minimum atomic E-state index is 0.666. The van der Waals surface area contributed by atoms with Crippen LogP contribution in [0.1, 0.15) is 39.0 Å². The first-order chi connectivity index (χ1) is 28.6. The highest BCUT2D eigenvalue weighted by Gasteiger charge is 2.19. The zero-order valence-corrected chi connectivity index (χ0v) is 33.6. The van der Waals surface area contributed by atoms with Crippen molar-refractivity contribution in [3.8, 4) is 11.5 Å². The topological polar surface area (TPSA) is 88.1 Å². The molecule has 1 fully saturated rings. The Hall–Kier alpha value is -5.96. The molecule has 6 aromatic carbocycles. The molecule has 8 nitrogen and oxygen atoms in total. The summed E-state index contributed by atoms with van der Waals surface area (Å²) in [7, 11) is 2.17. The van der Waals surface area contributed by atoms with Crippen molar-refractivity contribution in [2.45, 2.75) is 39.0 Å². The van der Waals surface area contributed by atoms with Crippen LogP contribution in [0.25, 0.3) is 87.2 Å². The number of benzene rings is 6. The summed E-state index contributed by atoms with van der Waals surface area (Å²) in [5, 5.41) is 9.85. The van der Waals surface area contributed by atoms with Gasteiger partial charge in [-0.3, -0.25) is 0 Å². The molecule has 294 valence electrons.